The molecule has 0 saturated heterocycles. The molecule has 0 spiro atoms. The van der Waals surface area contributed by atoms with Gasteiger partial charge in [0, 0.05) is 17.6 Å². The maximum atomic E-state index is 14.2. The van der Waals surface area contributed by atoms with Crippen LogP contribution in [0.3, 0.4) is 0 Å². The summed E-state index contributed by atoms with van der Waals surface area (Å²) < 4.78 is 14.2. The summed E-state index contributed by atoms with van der Waals surface area (Å²) in [6.45, 7) is 13.4. The third kappa shape index (κ3) is 12.4. The van der Waals surface area contributed by atoms with Gasteiger partial charge >= 0.3 is 0 Å². The number of aryl methyl sites for hydroxylation is 6. The summed E-state index contributed by atoms with van der Waals surface area (Å²) in [7, 11) is -2.30. The standard InChI is InChI=1S/C42H63OP/c1-34-30-36(3)41(37(4)31-34)26-20-13-9-7-11-15-22-28-44(43,40-24-18-17-19-25-40)29-23-16-12-8-10-14-21-27-42-38(5)32-35(2)33-39(42)6/h17-19,24-25,30-33H,7-16,20-23,26-29H2,1-6H3. The Morgan fingerprint density at radius 1 is 0.432 bits per heavy atom. The van der Waals surface area contributed by atoms with E-state index >= 15 is 0 Å². The molecule has 2 heteroatoms. The zero-order chi connectivity index (χ0) is 31.8. The normalized spacial score (nSPS) is 11.8. The Hall–Kier alpha value is -2.11. The van der Waals surface area contributed by atoms with Gasteiger partial charge in [-0.3, -0.25) is 0 Å². The van der Waals surface area contributed by atoms with E-state index in [1.54, 1.807) is 11.1 Å². The summed E-state index contributed by atoms with van der Waals surface area (Å²) in [6.07, 6.45) is 21.9. The number of hydrogen-bond donors (Lipinski definition) is 0. The Morgan fingerprint density at radius 3 is 1.11 bits per heavy atom. The summed E-state index contributed by atoms with van der Waals surface area (Å²) in [4.78, 5) is 0. The molecule has 0 saturated carbocycles. The van der Waals surface area contributed by atoms with Gasteiger partial charge in [-0.2, -0.15) is 0 Å². The molecule has 0 aromatic heterocycles. The molecule has 0 unspecified atom stereocenters. The van der Waals surface area contributed by atoms with Crippen LogP contribution in [0, 0.1) is 41.5 Å². The van der Waals surface area contributed by atoms with E-state index in [-0.39, 0.29) is 0 Å². The lowest BCUT2D eigenvalue weighted by molar-refractivity contribution is 0.562. The van der Waals surface area contributed by atoms with Gasteiger partial charge in [0.25, 0.3) is 0 Å². The van der Waals surface area contributed by atoms with E-state index in [9.17, 15) is 4.57 Å². The SMILES string of the molecule is Cc1cc(C)c(CCCCCCCCCP(=O)(CCCCCCCCCc2c(C)cc(C)cc2C)c2ccccc2)c(C)c1. The molecule has 3 aromatic rings. The number of hydrogen-bond acceptors (Lipinski definition) is 1. The van der Waals surface area contributed by atoms with Crippen LogP contribution in [0.25, 0.3) is 0 Å². The van der Waals surface area contributed by atoms with E-state index in [4.69, 9.17) is 0 Å². The lowest BCUT2D eigenvalue weighted by Crippen LogP contribution is -2.11. The first-order valence-electron chi connectivity index (χ1n) is 18.0. The van der Waals surface area contributed by atoms with Gasteiger partial charge in [0.2, 0.25) is 0 Å². The third-order valence-electron chi connectivity index (χ3n) is 9.80. The van der Waals surface area contributed by atoms with Crippen LogP contribution in [0.5, 0.6) is 0 Å². The Balaban J connectivity index is 1.28. The van der Waals surface area contributed by atoms with Crippen molar-refractivity contribution in [3.63, 3.8) is 0 Å². The summed E-state index contributed by atoms with van der Waals surface area (Å²) in [6, 6.07) is 19.7. The fourth-order valence-corrected chi connectivity index (χ4v) is 10.3. The highest BCUT2D eigenvalue weighted by Crippen LogP contribution is 2.46. The highest BCUT2D eigenvalue weighted by molar-refractivity contribution is 7.71. The molecule has 0 atom stereocenters. The Kier molecular flexibility index (Phi) is 16.0. The highest BCUT2D eigenvalue weighted by Gasteiger charge is 2.23. The topological polar surface area (TPSA) is 17.1 Å². The van der Waals surface area contributed by atoms with Crippen molar-refractivity contribution in [2.24, 2.45) is 0 Å². The molecule has 1 nitrogen and oxygen atoms in total. The molecular weight excluding hydrogens is 551 g/mol. The predicted molar refractivity (Wildman–Crippen MR) is 197 cm³/mol. The first kappa shape index (κ1) is 36.4. The average Bonchev–Trinajstić information content (AvgIpc) is 2.98. The van der Waals surface area contributed by atoms with E-state index < -0.39 is 7.14 Å². The van der Waals surface area contributed by atoms with Crippen LogP contribution in [0.1, 0.15) is 134 Å². The zero-order valence-electron chi connectivity index (χ0n) is 29.3. The molecule has 0 bridgehead atoms. The smallest absolute Gasteiger partial charge is 0.115 e. The van der Waals surface area contributed by atoms with Crippen LogP contribution in [0.15, 0.2) is 54.6 Å². The van der Waals surface area contributed by atoms with Crippen LogP contribution in [-0.4, -0.2) is 12.3 Å². The van der Waals surface area contributed by atoms with Crippen molar-refractivity contribution in [3.05, 3.63) is 99.1 Å². The maximum Gasteiger partial charge on any atom is 0.115 e. The zero-order valence-corrected chi connectivity index (χ0v) is 30.2. The first-order chi connectivity index (χ1) is 21.2. The first-order valence-corrected chi connectivity index (χ1v) is 20.0. The molecule has 242 valence electrons. The number of benzene rings is 3. The largest absolute Gasteiger partial charge is 0.319 e. The summed E-state index contributed by atoms with van der Waals surface area (Å²) in [5.41, 5.74) is 11.7. The van der Waals surface area contributed by atoms with Gasteiger partial charge in [0.05, 0.1) is 0 Å². The van der Waals surface area contributed by atoms with Crippen LogP contribution in [0.2, 0.25) is 0 Å². The molecule has 0 N–H and O–H groups in total. The lowest BCUT2D eigenvalue weighted by Gasteiger charge is -2.19. The van der Waals surface area contributed by atoms with E-state index in [2.05, 4.69) is 96.1 Å². The maximum absolute atomic E-state index is 14.2. The summed E-state index contributed by atoms with van der Waals surface area (Å²) in [5, 5.41) is 1.11. The van der Waals surface area contributed by atoms with E-state index in [0.29, 0.717) is 0 Å². The molecule has 0 aliphatic heterocycles. The van der Waals surface area contributed by atoms with Crippen molar-refractivity contribution in [2.75, 3.05) is 12.3 Å². The van der Waals surface area contributed by atoms with Crippen molar-refractivity contribution in [3.8, 4) is 0 Å². The van der Waals surface area contributed by atoms with E-state index in [0.717, 1.165) is 30.5 Å². The van der Waals surface area contributed by atoms with Crippen molar-refractivity contribution >= 4 is 12.4 Å². The predicted octanol–water partition coefficient (Wildman–Crippen LogP) is 12.5. The quantitative estimate of drug-likeness (QED) is 0.0861. The lowest BCUT2D eigenvalue weighted by atomic mass is 9.95. The second-order valence-electron chi connectivity index (χ2n) is 13.9. The van der Waals surface area contributed by atoms with Gasteiger partial charge < -0.3 is 4.57 Å². The van der Waals surface area contributed by atoms with Gasteiger partial charge in [0.1, 0.15) is 7.14 Å². The summed E-state index contributed by atoms with van der Waals surface area (Å²) in [5.74, 6) is 0. The number of rotatable bonds is 21. The molecule has 0 radical (unpaired) electrons. The van der Waals surface area contributed by atoms with Gasteiger partial charge in [-0.25, -0.2) is 0 Å². The molecule has 0 amide bonds. The highest BCUT2D eigenvalue weighted by atomic mass is 31.2. The fourth-order valence-electron chi connectivity index (χ4n) is 7.38. The minimum absolute atomic E-state index is 0.890. The van der Waals surface area contributed by atoms with E-state index in [1.165, 1.54) is 123 Å². The van der Waals surface area contributed by atoms with Crippen LogP contribution >= 0.6 is 7.14 Å². The van der Waals surface area contributed by atoms with Gasteiger partial charge in [0.15, 0.2) is 0 Å². The average molecular weight is 615 g/mol. The van der Waals surface area contributed by atoms with Crippen molar-refractivity contribution in [1.82, 2.24) is 0 Å². The molecule has 0 heterocycles. The molecule has 3 aromatic carbocycles. The van der Waals surface area contributed by atoms with Gasteiger partial charge in [-0.05, 0) is 113 Å². The second-order valence-corrected chi connectivity index (χ2v) is 17.1. The molecular formula is C42H63OP. The van der Waals surface area contributed by atoms with Crippen LogP contribution in [0.4, 0.5) is 0 Å². The van der Waals surface area contributed by atoms with Gasteiger partial charge in [-0.1, -0.05) is 130 Å². The van der Waals surface area contributed by atoms with Crippen LogP contribution in [-0.2, 0) is 17.4 Å². The monoisotopic (exact) mass is 614 g/mol. The molecule has 0 aliphatic rings. The number of unbranched alkanes of at least 4 members (excludes halogenated alkanes) is 12. The molecule has 0 fully saturated rings. The van der Waals surface area contributed by atoms with Crippen molar-refractivity contribution < 1.29 is 4.57 Å². The van der Waals surface area contributed by atoms with Crippen LogP contribution < -0.4 is 5.30 Å². The Labute approximate surface area is 272 Å². The Morgan fingerprint density at radius 2 is 0.750 bits per heavy atom. The second kappa shape index (κ2) is 19.4. The summed E-state index contributed by atoms with van der Waals surface area (Å²) >= 11 is 0. The molecule has 3 rings (SSSR count). The van der Waals surface area contributed by atoms with Gasteiger partial charge in [-0.15, -0.1) is 0 Å². The molecule has 0 aliphatic carbocycles. The minimum atomic E-state index is -2.30. The molecule has 44 heavy (non-hydrogen) atoms. The van der Waals surface area contributed by atoms with Crippen molar-refractivity contribution in [2.45, 2.75) is 144 Å². The van der Waals surface area contributed by atoms with Crippen molar-refractivity contribution in [1.29, 1.82) is 0 Å². The minimum Gasteiger partial charge on any atom is -0.319 e. The third-order valence-corrected chi connectivity index (χ3v) is 13.1. The fraction of sp³-hybridized carbons (Fsp3) is 0.571. The van der Waals surface area contributed by atoms with E-state index in [1.807, 2.05) is 0 Å². The Bertz CT molecular complexity index is 1180.